The lowest BCUT2D eigenvalue weighted by Gasteiger charge is -2.30. The zero-order valence-electron chi connectivity index (χ0n) is 19.3. The van der Waals surface area contributed by atoms with Gasteiger partial charge >= 0.3 is 0 Å². The standard InChI is InChI=1S/C26H23BrClN3O3S/c1-16-12-18(13-24-25(32)31(26(33)35-24)20-5-3-4-19(28)14-20)17(2)30(16)21-6-7-23(22(27)15-21)29-8-10-34-11-9-29/h3-7,12-15H,8-11H2,1-2H3/b24-13-. The largest absolute Gasteiger partial charge is 0.378 e. The van der Waals surface area contributed by atoms with E-state index in [0.29, 0.717) is 15.6 Å². The van der Waals surface area contributed by atoms with Crippen LogP contribution >= 0.6 is 39.3 Å². The van der Waals surface area contributed by atoms with E-state index >= 15 is 0 Å². The molecule has 3 heterocycles. The van der Waals surface area contributed by atoms with Gasteiger partial charge in [-0.2, -0.15) is 0 Å². The molecule has 0 aliphatic carbocycles. The van der Waals surface area contributed by atoms with Crippen molar-refractivity contribution in [1.82, 2.24) is 4.57 Å². The molecule has 2 aromatic carbocycles. The molecule has 6 nitrogen and oxygen atoms in total. The Morgan fingerprint density at radius 2 is 1.80 bits per heavy atom. The summed E-state index contributed by atoms with van der Waals surface area (Å²) < 4.78 is 8.65. The second kappa shape index (κ2) is 9.85. The fraction of sp³-hybridized carbons (Fsp3) is 0.231. The van der Waals surface area contributed by atoms with Crippen LogP contribution in [0.3, 0.4) is 0 Å². The Balaban J connectivity index is 1.45. The van der Waals surface area contributed by atoms with E-state index in [1.54, 1.807) is 30.3 Å². The third-order valence-corrected chi connectivity index (χ3v) is 7.90. The highest BCUT2D eigenvalue weighted by Crippen LogP contribution is 2.38. The Labute approximate surface area is 221 Å². The number of aromatic nitrogens is 1. The van der Waals surface area contributed by atoms with E-state index in [1.807, 2.05) is 19.9 Å². The molecule has 0 N–H and O–H groups in total. The molecule has 2 aliphatic heterocycles. The molecule has 0 atom stereocenters. The minimum Gasteiger partial charge on any atom is -0.378 e. The summed E-state index contributed by atoms with van der Waals surface area (Å²) in [5.41, 5.74) is 5.56. The summed E-state index contributed by atoms with van der Waals surface area (Å²) in [7, 11) is 0. The molecule has 35 heavy (non-hydrogen) atoms. The maximum absolute atomic E-state index is 13.1. The van der Waals surface area contributed by atoms with E-state index < -0.39 is 0 Å². The lowest BCUT2D eigenvalue weighted by molar-refractivity contribution is -0.113. The van der Waals surface area contributed by atoms with E-state index in [2.05, 4.69) is 43.6 Å². The van der Waals surface area contributed by atoms with E-state index in [0.717, 1.165) is 70.9 Å². The van der Waals surface area contributed by atoms with Crippen molar-refractivity contribution >= 4 is 67.9 Å². The molecule has 0 unspecified atom stereocenters. The van der Waals surface area contributed by atoms with Crippen molar-refractivity contribution in [1.29, 1.82) is 0 Å². The number of morpholine rings is 1. The van der Waals surface area contributed by atoms with Crippen LogP contribution < -0.4 is 9.80 Å². The predicted molar refractivity (Wildman–Crippen MR) is 146 cm³/mol. The first kappa shape index (κ1) is 24.2. The van der Waals surface area contributed by atoms with Crippen molar-refractivity contribution in [3.63, 3.8) is 0 Å². The van der Waals surface area contributed by atoms with Crippen LogP contribution in [0.15, 0.2) is 57.9 Å². The van der Waals surface area contributed by atoms with Crippen LogP contribution in [-0.4, -0.2) is 42.0 Å². The van der Waals surface area contributed by atoms with Gasteiger partial charge in [0.05, 0.1) is 29.5 Å². The number of amides is 2. The van der Waals surface area contributed by atoms with Gasteiger partial charge in [-0.3, -0.25) is 9.59 Å². The molecule has 0 bridgehead atoms. The third-order valence-electron chi connectivity index (χ3n) is 6.16. The second-order valence-corrected chi connectivity index (χ2v) is 10.7. The number of thioether (sulfide) groups is 1. The third kappa shape index (κ3) is 4.68. The van der Waals surface area contributed by atoms with Crippen LogP contribution in [0.4, 0.5) is 16.2 Å². The van der Waals surface area contributed by atoms with Gasteiger partial charge in [0.1, 0.15) is 0 Å². The first-order valence-electron chi connectivity index (χ1n) is 11.2. The van der Waals surface area contributed by atoms with E-state index in [1.165, 1.54) is 4.90 Å². The summed E-state index contributed by atoms with van der Waals surface area (Å²) in [5, 5.41) is 0.139. The van der Waals surface area contributed by atoms with Crippen LogP contribution in [0.25, 0.3) is 11.8 Å². The van der Waals surface area contributed by atoms with Crippen LogP contribution in [-0.2, 0) is 9.53 Å². The molecule has 9 heteroatoms. The topological polar surface area (TPSA) is 54.8 Å². The van der Waals surface area contributed by atoms with Crippen molar-refractivity contribution in [3.05, 3.63) is 79.9 Å². The number of hydrogen-bond acceptors (Lipinski definition) is 5. The summed E-state index contributed by atoms with van der Waals surface area (Å²) >= 11 is 10.8. The molecule has 2 saturated heterocycles. The smallest absolute Gasteiger partial charge is 0.298 e. The molecule has 5 rings (SSSR count). The molecule has 2 amide bonds. The fourth-order valence-corrected chi connectivity index (χ4v) is 6.11. The number of ether oxygens (including phenoxy) is 1. The fourth-order valence-electron chi connectivity index (χ4n) is 4.47. The Kier molecular flexibility index (Phi) is 6.81. The van der Waals surface area contributed by atoms with Gasteiger partial charge in [-0.05, 0) is 95.6 Å². The minimum absolute atomic E-state index is 0.333. The average molecular weight is 573 g/mol. The summed E-state index contributed by atoms with van der Waals surface area (Å²) in [6.45, 7) is 7.25. The molecule has 2 fully saturated rings. The van der Waals surface area contributed by atoms with Crippen molar-refractivity contribution < 1.29 is 14.3 Å². The zero-order valence-corrected chi connectivity index (χ0v) is 22.4. The first-order valence-corrected chi connectivity index (χ1v) is 13.2. The van der Waals surface area contributed by atoms with Gasteiger partial charge in [-0.25, -0.2) is 4.90 Å². The van der Waals surface area contributed by atoms with Crippen LogP contribution in [0.2, 0.25) is 5.02 Å². The van der Waals surface area contributed by atoms with Gasteiger partial charge in [-0.1, -0.05) is 17.7 Å². The molecule has 180 valence electrons. The quantitative estimate of drug-likeness (QED) is 0.330. The number of aryl methyl sites for hydroxylation is 1. The summed E-state index contributed by atoms with van der Waals surface area (Å²) in [6.07, 6.45) is 1.80. The average Bonchev–Trinajstić information content (AvgIpc) is 3.27. The van der Waals surface area contributed by atoms with Crippen molar-refractivity contribution in [2.45, 2.75) is 13.8 Å². The van der Waals surface area contributed by atoms with Crippen molar-refractivity contribution in [2.75, 3.05) is 36.1 Å². The number of carbonyl (C=O) groups is 2. The van der Waals surface area contributed by atoms with Crippen LogP contribution in [0.5, 0.6) is 0 Å². The van der Waals surface area contributed by atoms with Gasteiger partial charge in [0, 0.05) is 39.7 Å². The maximum Gasteiger partial charge on any atom is 0.298 e. The van der Waals surface area contributed by atoms with Crippen LogP contribution in [0, 0.1) is 13.8 Å². The Morgan fingerprint density at radius 1 is 1.03 bits per heavy atom. The van der Waals surface area contributed by atoms with Gasteiger partial charge in [0.15, 0.2) is 0 Å². The van der Waals surface area contributed by atoms with Gasteiger partial charge in [0.2, 0.25) is 0 Å². The predicted octanol–water partition coefficient (Wildman–Crippen LogP) is 6.59. The Bertz CT molecular complexity index is 1360. The molecular weight excluding hydrogens is 550 g/mol. The minimum atomic E-state index is -0.343. The lowest BCUT2D eigenvalue weighted by atomic mass is 10.2. The summed E-state index contributed by atoms with van der Waals surface area (Å²) in [4.78, 5) is 29.6. The molecular formula is C26H23BrClN3O3S. The monoisotopic (exact) mass is 571 g/mol. The van der Waals surface area contributed by atoms with Crippen LogP contribution in [0.1, 0.15) is 17.0 Å². The highest BCUT2D eigenvalue weighted by molar-refractivity contribution is 9.10. The van der Waals surface area contributed by atoms with Gasteiger partial charge in [-0.15, -0.1) is 0 Å². The molecule has 3 aromatic rings. The van der Waals surface area contributed by atoms with E-state index in [-0.39, 0.29) is 11.1 Å². The molecule has 0 spiro atoms. The molecule has 0 radical (unpaired) electrons. The second-order valence-electron chi connectivity index (χ2n) is 8.39. The molecule has 2 aliphatic rings. The zero-order chi connectivity index (χ0) is 24.7. The highest BCUT2D eigenvalue weighted by atomic mass is 79.9. The normalized spacial score (nSPS) is 17.7. The SMILES string of the molecule is Cc1cc(/C=C2\SC(=O)N(c3cccc(Cl)c3)C2=O)c(C)n1-c1ccc(N2CCOCC2)c(Br)c1. The number of halogens is 2. The van der Waals surface area contributed by atoms with E-state index in [9.17, 15) is 9.59 Å². The number of rotatable bonds is 4. The molecule has 0 saturated carbocycles. The number of hydrogen-bond donors (Lipinski definition) is 0. The number of anilines is 2. The summed E-state index contributed by atoms with van der Waals surface area (Å²) in [5.74, 6) is -0.343. The molecule has 1 aromatic heterocycles. The van der Waals surface area contributed by atoms with Gasteiger partial charge < -0.3 is 14.2 Å². The number of carbonyl (C=O) groups excluding carboxylic acids is 2. The van der Waals surface area contributed by atoms with Gasteiger partial charge in [0.25, 0.3) is 11.1 Å². The lowest BCUT2D eigenvalue weighted by Crippen LogP contribution is -2.36. The first-order chi connectivity index (χ1) is 16.8. The Hall–Kier alpha value is -2.52. The summed E-state index contributed by atoms with van der Waals surface area (Å²) in [6, 6.07) is 15.1. The Morgan fingerprint density at radius 3 is 2.51 bits per heavy atom. The number of imide groups is 1. The van der Waals surface area contributed by atoms with Crippen molar-refractivity contribution in [2.24, 2.45) is 0 Å². The maximum atomic E-state index is 13.1. The van der Waals surface area contributed by atoms with Crippen molar-refractivity contribution in [3.8, 4) is 5.69 Å². The van der Waals surface area contributed by atoms with E-state index in [4.69, 9.17) is 16.3 Å². The highest BCUT2D eigenvalue weighted by Gasteiger charge is 2.36. The number of nitrogens with zero attached hydrogens (tertiary/aromatic N) is 3. The number of benzene rings is 2.